The third-order valence-corrected chi connectivity index (χ3v) is 4.41. The predicted octanol–water partition coefficient (Wildman–Crippen LogP) is 4.07. The van der Waals surface area contributed by atoms with E-state index in [1.807, 2.05) is 10.6 Å². The summed E-state index contributed by atoms with van der Waals surface area (Å²) in [7, 11) is 0. The second-order valence-corrected chi connectivity index (χ2v) is 6.48. The first-order valence-corrected chi connectivity index (χ1v) is 8.86. The highest BCUT2D eigenvalue weighted by molar-refractivity contribution is 5.80. The van der Waals surface area contributed by atoms with E-state index in [1.54, 1.807) is 36.8 Å². The van der Waals surface area contributed by atoms with Gasteiger partial charge in [0.15, 0.2) is 0 Å². The Balaban J connectivity index is 1.47. The first kappa shape index (κ1) is 18.7. The molecular formula is C20H17F3N6. The van der Waals surface area contributed by atoms with Crippen molar-refractivity contribution in [3.63, 3.8) is 0 Å². The van der Waals surface area contributed by atoms with Crippen molar-refractivity contribution >= 4 is 22.7 Å². The number of aromatic nitrogens is 4. The molecule has 9 heteroatoms. The minimum atomic E-state index is -4.35. The molecule has 6 nitrogen and oxygen atoms in total. The summed E-state index contributed by atoms with van der Waals surface area (Å²) in [5, 5.41) is 3.05. The summed E-state index contributed by atoms with van der Waals surface area (Å²) >= 11 is 0. The number of imidazole rings is 1. The number of anilines is 2. The third kappa shape index (κ3) is 4.13. The lowest BCUT2D eigenvalue weighted by Gasteiger charge is -2.10. The monoisotopic (exact) mass is 398 g/mol. The molecule has 0 bridgehead atoms. The summed E-state index contributed by atoms with van der Waals surface area (Å²) in [6.45, 7) is 0.395. The van der Waals surface area contributed by atoms with Crippen molar-refractivity contribution in [1.82, 2.24) is 19.5 Å². The molecule has 3 N–H and O–H groups in total. The van der Waals surface area contributed by atoms with Gasteiger partial charge in [0, 0.05) is 18.4 Å². The zero-order valence-corrected chi connectivity index (χ0v) is 15.2. The third-order valence-electron chi connectivity index (χ3n) is 4.41. The Morgan fingerprint density at radius 3 is 2.72 bits per heavy atom. The standard InChI is InChI=1S/C20H17F3N6/c21-20(22,23)14-3-1-2-13(10-14)6-8-25-19-26-9-7-18(28-19)29-12-27-16-11-15(24)4-5-17(16)29/h1-5,7,9-12H,6,8,24H2,(H,25,26,28). The van der Waals surface area contributed by atoms with Gasteiger partial charge in [-0.2, -0.15) is 18.2 Å². The predicted molar refractivity (Wildman–Crippen MR) is 105 cm³/mol. The molecule has 4 rings (SSSR count). The van der Waals surface area contributed by atoms with E-state index in [1.165, 1.54) is 6.07 Å². The average Bonchev–Trinajstić information content (AvgIpc) is 3.11. The average molecular weight is 398 g/mol. The van der Waals surface area contributed by atoms with Gasteiger partial charge in [-0.1, -0.05) is 18.2 Å². The van der Waals surface area contributed by atoms with E-state index in [0.717, 1.165) is 23.2 Å². The molecule has 0 amide bonds. The van der Waals surface area contributed by atoms with Crippen molar-refractivity contribution in [2.24, 2.45) is 0 Å². The van der Waals surface area contributed by atoms with Crippen molar-refractivity contribution < 1.29 is 13.2 Å². The van der Waals surface area contributed by atoms with Gasteiger partial charge in [0.2, 0.25) is 5.95 Å². The minimum absolute atomic E-state index is 0.381. The zero-order chi connectivity index (χ0) is 20.4. The first-order valence-electron chi connectivity index (χ1n) is 8.86. The summed E-state index contributed by atoms with van der Waals surface area (Å²) in [5.41, 5.74) is 7.95. The Hall–Kier alpha value is -3.62. The van der Waals surface area contributed by atoms with Crippen LogP contribution in [0, 0.1) is 0 Å². The van der Waals surface area contributed by atoms with Gasteiger partial charge in [-0.3, -0.25) is 4.57 Å². The smallest absolute Gasteiger partial charge is 0.399 e. The number of hydrogen-bond acceptors (Lipinski definition) is 5. The van der Waals surface area contributed by atoms with Gasteiger partial charge in [-0.25, -0.2) is 9.97 Å². The largest absolute Gasteiger partial charge is 0.416 e. The minimum Gasteiger partial charge on any atom is -0.399 e. The van der Waals surface area contributed by atoms with Gasteiger partial charge in [0.05, 0.1) is 16.6 Å². The molecule has 0 unspecified atom stereocenters. The van der Waals surface area contributed by atoms with Gasteiger partial charge < -0.3 is 11.1 Å². The summed E-state index contributed by atoms with van der Waals surface area (Å²) < 4.78 is 40.3. The van der Waals surface area contributed by atoms with Crippen molar-refractivity contribution in [1.29, 1.82) is 0 Å². The number of nitrogens with two attached hydrogens (primary N) is 1. The van der Waals surface area contributed by atoms with Crippen LogP contribution in [0.1, 0.15) is 11.1 Å². The number of nitrogens with zero attached hydrogens (tertiary/aromatic N) is 4. The Morgan fingerprint density at radius 1 is 1.03 bits per heavy atom. The van der Waals surface area contributed by atoms with Gasteiger partial charge in [0.1, 0.15) is 12.1 Å². The van der Waals surface area contributed by atoms with Crippen LogP contribution in [0.3, 0.4) is 0 Å². The maximum atomic E-state index is 12.8. The molecule has 2 aromatic heterocycles. The van der Waals surface area contributed by atoms with E-state index >= 15 is 0 Å². The molecule has 0 aliphatic heterocycles. The van der Waals surface area contributed by atoms with E-state index in [9.17, 15) is 13.2 Å². The number of alkyl halides is 3. The van der Waals surface area contributed by atoms with Crippen molar-refractivity contribution in [2.45, 2.75) is 12.6 Å². The lowest BCUT2D eigenvalue weighted by molar-refractivity contribution is -0.137. The fourth-order valence-electron chi connectivity index (χ4n) is 3.00. The topological polar surface area (TPSA) is 81.6 Å². The highest BCUT2D eigenvalue weighted by atomic mass is 19.4. The molecule has 0 fully saturated rings. The lowest BCUT2D eigenvalue weighted by Crippen LogP contribution is -2.10. The molecule has 0 saturated heterocycles. The molecule has 2 heterocycles. The van der Waals surface area contributed by atoms with Crippen LogP contribution in [0.25, 0.3) is 16.9 Å². The molecule has 4 aromatic rings. The number of hydrogen-bond donors (Lipinski definition) is 2. The molecule has 0 atom stereocenters. The maximum Gasteiger partial charge on any atom is 0.416 e. The summed E-state index contributed by atoms with van der Waals surface area (Å²) in [4.78, 5) is 13.0. The molecule has 148 valence electrons. The quantitative estimate of drug-likeness (QED) is 0.495. The Bertz CT molecular complexity index is 1150. The van der Waals surface area contributed by atoms with Crippen LogP contribution >= 0.6 is 0 Å². The van der Waals surface area contributed by atoms with Gasteiger partial charge in [0.25, 0.3) is 0 Å². The first-order chi connectivity index (χ1) is 13.9. The SMILES string of the molecule is Nc1ccc2c(c1)ncn2-c1ccnc(NCCc2cccc(C(F)(F)F)c2)n1. The fourth-order valence-corrected chi connectivity index (χ4v) is 3.00. The molecule has 0 aliphatic rings. The number of nitrogen functional groups attached to an aromatic ring is 1. The normalized spacial score (nSPS) is 11.7. The molecule has 0 aliphatic carbocycles. The van der Waals surface area contributed by atoms with Crippen LogP contribution in [0.2, 0.25) is 0 Å². The summed E-state index contributed by atoms with van der Waals surface area (Å²) in [5.74, 6) is 1.00. The van der Waals surface area contributed by atoms with Crippen LogP contribution in [0.15, 0.2) is 61.1 Å². The van der Waals surface area contributed by atoms with E-state index in [0.29, 0.717) is 36.0 Å². The van der Waals surface area contributed by atoms with Crippen LogP contribution in [-0.2, 0) is 12.6 Å². The molecule has 0 radical (unpaired) electrons. The van der Waals surface area contributed by atoms with Gasteiger partial charge in [-0.15, -0.1) is 0 Å². The Kier molecular flexibility index (Phi) is 4.79. The molecular weight excluding hydrogens is 381 g/mol. The lowest BCUT2D eigenvalue weighted by atomic mass is 10.1. The molecule has 0 saturated carbocycles. The molecule has 0 spiro atoms. The van der Waals surface area contributed by atoms with Gasteiger partial charge >= 0.3 is 6.18 Å². The van der Waals surface area contributed by atoms with Crippen LogP contribution < -0.4 is 11.1 Å². The molecule has 2 aromatic carbocycles. The second kappa shape index (κ2) is 7.42. The highest BCUT2D eigenvalue weighted by Crippen LogP contribution is 2.29. The van der Waals surface area contributed by atoms with Crippen LogP contribution in [0.4, 0.5) is 24.8 Å². The van der Waals surface area contributed by atoms with Crippen molar-refractivity contribution in [3.8, 4) is 5.82 Å². The van der Waals surface area contributed by atoms with Crippen LogP contribution in [-0.4, -0.2) is 26.1 Å². The summed E-state index contributed by atoms with van der Waals surface area (Å²) in [6, 6.07) is 12.5. The van der Waals surface area contributed by atoms with Crippen LogP contribution in [0.5, 0.6) is 0 Å². The van der Waals surface area contributed by atoms with Crippen molar-refractivity contribution in [3.05, 3.63) is 72.2 Å². The molecule has 29 heavy (non-hydrogen) atoms. The number of fused-ring (bicyclic) bond motifs is 1. The van der Waals surface area contributed by atoms with E-state index in [-0.39, 0.29) is 0 Å². The summed E-state index contributed by atoms with van der Waals surface area (Å²) in [6.07, 6.45) is -0.680. The van der Waals surface area contributed by atoms with E-state index < -0.39 is 11.7 Å². The van der Waals surface area contributed by atoms with Gasteiger partial charge in [-0.05, 0) is 42.3 Å². The zero-order valence-electron chi connectivity index (χ0n) is 15.2. The fraction of sp³-hybridized carbons (Fsp3) is 0.150. The van der Waals surface area contributed by atoms with E-state index in [4.69, 9.17) is 5.73 Å². The maximum absolute atomic E-state index is 12.8. The second-order valence-electron chi connectivity index (χ2n) is 6.48. The van der Waals surface area contributed by atoms with Crippen molar-refractivity contribution in [2.75, 3.05) is 17.6 Å². The number of rotatable bonds is 5. The Morgan fingerprint density at radius 2 is 1.90 bits per heavy atom. The van der Waals surface area contributed by atoms with E-state index in [2.05, 4.69) is 20.3 Å². The highest BCUT2D eigenvalue weighted by Gasteiger charge is 2.30. The number of nitrogens with one attached hydrogen (secondary N) is 1. The Labute approximate surface area is 164 Å². The number of benzene rings is 2. The number of halogens is 3.